The minimum atomic E-state index is -0.450. The van der Waals surface area contributed by atoms with E-state index < -0.39 is 5.82 Å². The molecule has 1 aliphatic rings. The number of H-pyrrole nitrogens is 1. The summed E-state index contributed by atoms with van der Waals surface area (Å²) in [6.07, 6.45) is 9.21. The number of phenolic OH excluding ortho intramolecular Hbond substituents is 1. The van der Waals surface area contributed by atoms with Gasteiger partial charge in [-0.25, -0.2) is 4.39 Å². The topological polar surface area (TPSA) is 77.9 Å². The number of aromatic nitrogens is 4. The van der Waals surface area contributed by atoms with Crippen LogP contribution in [0.5, 0.6) is 5.75 Å². The molecule has 2 aromatic heterocycles. The average molecular weight is 367 g/mol. The smallest absolute Gasteiger partial charge is 0.151 e. The van der Waals surface area contributed by atoms with Gasteiger partial charge < -0.3 is 10.0 Å². The van der Waals surface area contributed by atoms with Crippen molar-refractivity contribution < 1.29 is 9.50 Å². The Morgan fingerprint density at radius 2 is 1.93 bits per heavy atom. The third-order valence-electron chi connectivity index (χ3n) is 5.30. The Bertz CT molecular complexity index is 905. The van der Waals surface area contributed by atoms with Crippen molar-refractivity contribution in [3.8, 4) is 28.1 Å². The summed E-state index contributed by atoms with van der Waals surface area (Å²) in [7, 11) is 2.04. The van der Waals surface area contributed by atoms with Crippen molar-refractivity contribution in [1.29, 1.82) is 0 Å². The van der Waals surface area contributed by atoms with E-state index >= 15 is 0 Å². The van der Waals surface area contributed by atoms with Crippen LogP contribution in [0.15, 0.2) is 36.7 Å². The molecule has 0 aliphatic heterocycles. The van der Waals surface area contributed by atoms with Crippen LogP contribution in [-0.4, -0.2) is 38.6 Å². The van der Waals surface area contributed by atoms with Crippen LogP contribution in [0.3, 0.4) is 0 Å². The zero-order valence-corrected chi connectivity index (χ0v) is 15.2. The fraction of sp³-hybridized carbons (Fsp3) is 0.350. The van der Waals surface area contributed by atoms with Crippen LogP contribution in [0.4, 0.5) is 10.2 Å². The molecule has 2 heterocycles. The highest BCUT2D eigenvalue weighted by molar-refractivity contribution is 5.74. The lowest BCUT2D eigenvalue weighted by Crippen LogP contribution is -2.34. The molecule has 140 valence electrons. The van der Waals surface area contributed by atoms with Gasteiger partial charge in [-0.05, 0) is 37.1 Å². The highest BCUT2D eigenvalue weighted by atomic mass is 19.1. The number of hydrogen-bond donors (Lipinski definition) is 2. The molecule has 1 fully saturated rings. The summed E-state index contributed by atoms with van der Waals surface area (Å²) in [6.45, 7) is 0. The number of nitrogens with zero attached hydrogens (tertiary/aromatic N) is 4. The quantitative estimate of drug-likeness (QED) is 0.724. The molecule has 27 heavy (non-hydrogen) atoms. The van der Waals surface area contributed by atoms with Crippen molar-refractivity contribution in [2.24, 2.45) is 0 Å². The van der Waals surface area contributed by atoms with E-state index in [0.29, 0.717) is 22.9 Å². The number of rotatable bonds is 4. The number of nitrogens with one attached hydrogen (secondary N) is 1. The Hall–Kier alpha value is -2.96. The van der Waals surface area contributed by atoms with Gasteiger partial charge in [0.05, 0.1) is 11.9 Å². The molecule has 0 unspecified atom stereocenters. The molecular weight excluding hydrogens is 345 g/mol. The van der Waals surface area contributed by atoms with Crippen LogP contribution in [0.25, 0.3) is 22.4 Å². The summed E-state index contributed by atoms with van der Waals surface area (Å²) < 4.78 is 14.5. The molecule has 1 aliphatic carbocycles. The number of anilines is 1. The second-order valence-electron chi connectivity index (χ2n) is 7.02. The first-order valence-electron chi connectivity index (χ1n) is 9.22. The van der Waals surface area contributed by atoms with Crippen LogP contribution >= 0.6 is 0 Å². The van der Waals surface area contributed by atoms with Gasteiger partial charge in [0.25, 0.3) is 0 Å². The van der Waals surface area contributed by atoms with E-state index in [0.717, 1.165) is 5.82 Å². The number of aromatic hydroxyl groups is 1. The Labute approximate surface area is 157 Å². The van der Waals surface area contributed by atoms with Crippen molar-refractivity contribution in [2.45, 2.75) is 38.1 Å². The maximum absolute atomic E-state index is 14.5. The fourth-order valence-corrected chi connectivity index (χ4v) is 3.70. The van der Waals surface area contributed by atoms with E-state index in [4.69, 9.17) is 0 Å². The highest BCUT2D eigenvalue weighted by Crippen LogP contribution is 2.35. The van der Waals surface area contributed by atoms with Crippen molar-refractivity contribution in [1.82, 2.24) is 20.4 Å². The summed E-state index contributed by atoms with van der Waals surface area (Å²) in [5.74, 6) is 0.297. The molecule has 2 N–H and O–H groups in total. The first kappa shape index (κ1) is 17.5. The van der Waals surface area contributed by atoms with Crippen LogP contribution in [0.1, 0.15) is 32.1 Å². The van der Waals surface area contributed by atoms with Crippen molar-refractivity contribution in [3.05, 3.63) is 42.5 Å². The number of hydrogen-bond acceptors (Lipinski definition) is 5. The number of benzene rings is 1. The van der Waals surface area contributed by atoms with Gasteiger partial charge in [0.15, 0.2) is 5.82 Å². The van der Waals surface area contributed by atoms with Gasteiger partial charge in [-0.2, -0.15) is 5.10 Å². The monoisotopic (exact) mass is 367 g/mol. The second-order valence-corrected chi connectivity index (χ2v) is 7.02. The summed E-state index contributed by atoms with van der Waals surface area (Å²) in [5.41, 5.74) is 1.61. The van der Waals surface area contributed by atoms with Gasteiger partial charge in [0.2, 0.25) is 0 Å². The van der Waals surface area contributed by atoms with E-state index in [9.17, 15) is 9.50 Å². The largest absolute Gasteiger partial charge is 0.507 e. The first-order valence-corrected chi connectivity index (χ1v) is 9.22. The van der Waals surface area contributed by atoms with E-state index in [1.165, 1.54) is 50.4 Å². The van der Waals surface area contributed by atoms with Crippen LogP contribution in [-0.2, 0) is 0 Å². The molecular formula is C20H22FN5O. The third kappa shape index (κ3) is 3.49. The summed E-state index contributed by atoms with van der Waals surface area (Å²) in [5, 5.41) is 25.4. The molecule has 4 rings (SSSR count). The zero-order valence-electron chi connectivity index (χ0n) is 15.2. The van der Waals surface area contributed by atoms with E-state index in [2.05, 4.69) is 25.3 Å². The predicted octanol–water partition coefficient (Wildman–Crippen LogP) is 4.15. The summed E-state index contributed by atoms with van der Waals surface area (Å²) in [6, 6.07) is 6.80. The van der Waals surface area contributed by atoms with Crippen molar-refractivity contribution in [2.75, 3.05) is 11.9 Å². The third-order valence-corrected chi connectivity index (χ3v) is 5.30. The maximum atomic E-state index is 14.5. The Kier molecular flexibility index (Phi) is 4.75. The second kappa shape index (κ2) is 7.34. The summed E-state index contributed by atoms with van der Waals surface area (Å²) >= 11 is 0. The lowest BCUT2D eigenvalue weighted by Gasteiger charge is -2.31. The Balaban J connectivity index is 1.59. The van der Waals surface area contributed by atoms with E-state index in [1.54, 1.807) is 12.3 Å². The van der Waals surface area contributed by atoms with Gasteiger partial charge in [-0.15, -0.1) is 10.2 Å². The van der Waals surface area contributed by atoms with Crippen LogP contribution < -0.4 is 4.90 Å². The first-order chi connectivity index (χ1) is 13.1. The number of halogens is 1. The van der Waals surface area contributed by atoms with Gasteiger partial charge in [-0.1, -0.05) is 19.3 Å². The van der Waals surface area contributed by atoms with E-state index in [-0.39, 0.29) is 11.3 Å². The molecule has 3 aromatic rings. The molecule has 0 saturated heterocycles. The molecule has 0 bridgehead atoms. The van der Waals surface area contributed by atoms with Crippen LogP contribution in [0.2, 0.25) is 0 Å². The molecule has 0 spiro atoms. The van der Waals surface area contributed by atoms with Crippen LogP contribution in [0, 0.1) is 5.82 Å². The van der Waals surface area contributed by atoms with Gasteiger partial charge in [0.1, 0.15) is 11.6 Å². The van der Waals surface area contributed by atoms with Gasteiger partial charge >= 0.3 is 0 Å². The predicted molar refractivity (Wildman–Crippen MR) is 102 cm³/mol. The van der Waals surface area contributed by atoms with Crippen molar-refractivity contribution in [3.63, 3.8) is 0 Å². The Morgan fingerprint density at radius 1 is 1.11 bits per heavy atom. The number of aromatic amines is 1. The average Bonchev–Trinajstić information content (AvgIpc) is 3.24. The molecule has 0 atom stereocenters. The van der Waals surface area contributed by atoms with E-state index in [1.807, 2.05) is 13.1 Å². The molecule has 0 radical (unpaired) electrons. The van der Waals surface area contributed by atoms with Gasteiger partial charge in [-0.3, -0.25) is 5.10 Å². The molecule has 7 heteroatoms. The van der Waals surface area contributed by atoms with Gasteiger partial charge in [0, 0.05) is 36.0 Å². The summed E-state index contributed by atoms with van der Waals surface area (Å²) in [4.78, 5) is 2.17. The molecule has 6 nitrogen and oxygen atoms in total. The normalized spacial score (nSPS) is 15.0. The fourth-order valence-electron chi connectivity index (χ4n) is 3.70. The minimum absolute atomic E-state index is 0.0460. The Morgan fingerprint density at radius 3 is 2.59 bits per heavy atom. The zero-order chi connectivity index (χ0) is 18.8. The molecule has 1 aromatic carbocycles. The van der Waals surface area contributed by atoms with Crippen molar-refractivity contribution >= 4 is 5.82 Å². The molecule has 1 saturated carbocycles. The molecule has 0 amide bonds. The number of phenols is 1. The standard InChI is InChI=1S/C20H22FN5O/c1-26(14-5-3-2-4-6-14)20-8-7-18(24-25-20)16-9-17(21)15(10-19(16)27)13-11-22-23-12-13/h7-12,14,27H,2-6H2,1H3,(H,22,23). The lowest BCUT2D eigenvalue weighted by molar-refractivity contribution is 0.425. The highest BCUT2D eigenvalue weighted by Gasteiger charge is 2.20. The maximum Gasteiger partial charge on any atom is 0.151 e. The SMILES string of the molecule is CN(c1ccc(-c2cc(F)c(-c3cn[nH]c3)cc2O)nn1)C1CCCCC1. The lowest BCUT2D eigenvalue weighted by atomic mass is 9.94. The minimum Gasteiger partial charge on any atom is -0.507 e.